The Hall–Kier alpha value is -10.5. The molecule has 23 N–H and O–H groups in total. The number of fused-ring (bicyclic) bond motifs is 6. The smallest absolute Gasteiger partial charge is 0.247 e. The molecule has 2 fully saturated rings. The van der Waals surface area contributed by atoms with Gasteiger partial charge >= 0.3 is 0 Å². The highest BCUT2D eigenvalue weighted by Crippen LogP contribution is 2.49. The number of phenols is 3. The van der Waals surface area contributed by atoms with Gasteiger partial charge in [-0.1, -0.05) is 109 Å². The average Bonchev–Trinajstić information content (AvgIpc) is 0.764. The van der Waals surface area contributed by atoms with Crippen molar-refractivity contribution in [2.75, 3.05) is 26.7 Å². The van der Waals surface area contributed by atoms with E-state index in [2.05, 4.69) is 47.9 Å². The van der Waals surface area contributed by atoms with Crippen molar-refractivity contribution in [2.45, 2.75) is 183 Å². The SMILES string of the molecule is CN[C@H](CC(C)C)C(=O)N[C@H]1C(=O)N[C@@H](CC(N)=O)C(=O)N[C@H](C)C(=O)NC2C(=O)N[C@@H](C(=O)N[C@H](C(=O)NCCCCN)c3cc(O)cc(O)c3-c3cc2ccc3O)[C@H](O)c2ccc(c(Cl)c2)Oc2cccc(c2OC2OC(CN)C(O)C(O)C2OC2CC(C)(NCc3ccc(-c4ccc(Cl)cc4)cc3)C(O)C(C)O2)Oc2ccc(cc2Cl)[C@H]1O. The molecule has 8 amide bonds. The van der Waals surface area contributed by atoms with E-state index >= 15 is 9.59 Å². The summed E-state index contributed by atoms with van der Waals surface area (Å²) < 4.78 is 39.3. The second-order valence-electron chi connectivity index (χ2n) is 30.7. The maximum Gasteiger partial charge on any atom is 0.247 e. The zero-order valence-electron chi connectivity index (χ0n) is 66.6. The van der Waals surface area contributed by atoms with E-state index in [4.69, 9.17) is 80.4 Å². The Bertz CT molecular complexity index is 4940. The molecule has 7 aromatic rings. The van der Waals surface area contributed by atoms with Gasteiger partial charge < -0.3 is 134 Å². The van der Waals surface area contributed by atoms with Crippen molar-refractivity contribution in [3.63, 3.8) is 0 Å². The summed E-state index contributed by atoms with van der Waals surface area (Å²) in [6, 6.07) is 18.9. The van der Waals surface area contributed by atoms with Gasteiger partial charge in [0.15, 0.2) is 23.9 Å². The number of aromatic hydroxyl groups is 3. The number of benzene rings is 7. The minimum absolute atomic E-state index is 0.0242. The van der Waals surface area contributed by atoms with Gasteiger partial charge in [-0.3, -0.25) is 38.4 Å². The van der Waals surface area contributed by atoms with Crippen molar-refractivity contribution >= 4 is 82.1 Å². The van der Waals surface area contributed by atoms with E-state index in [0.29, 0.717) is 17.9 Å². The molecule has 121 heavy (non-hydrogen) atoms. The summed E-state index contributed by atoms with van der Waals surface area (Å²) in [7, 11) is 1.49. The van der Waals surface area contributed by atoms with Gasteiger partial charge in [0, 0.05) is 53.8 Å². The van der Waals surface area contributed by atoms with E-state index in [9.17, 15) is 69.6 Å². The normalized spacial score (nSPS) is 26.3. The second-order valence-corrected chi connectivity index (χ2v) is 32.0. The van der Waals surface area contributed by atoms with Crippen LogP contribution in [0, 0.1) is 5.92 Å². The van der Waals surface area contributed by atoms with E-state index in [0.717, 1.165) is 60.0 Å². The Morgan fingerprint density at radius 2 is 1.31 bits per heavy atom. The molecule has 6 heterocycles. The third-order valence-corrected chi connectivity index (χ3v) is 22.2. The predicted octanol–water partition coefficient (Wildman–Crippen LogP) is 4.33. The Labute approximate surface area is 710 Å². The number of primary amides is 1. The number of nitrogens with two attached hydrogens (primary N) is 3. The second kappa shape index (κ2) is 40.0. The van der Waals surface area contributed by atoms with Gasteiger partial charge in [-0.2, -0.15) is 0 Å². The number of likely N-dealkylation sites (N-methyl/N-ethyl adjacent to an activating group) is 1. The number of carbonyl (C=O) groups excluding carboxylic acids is 8. The fraction of sp³-hybridized carbons (Fsp3) is 0.405. The van der Waals surface area contributed by atoms with Gasteiger partial charge in [0.2, 0.25) is 59.3 Å². The lowest BCUT2D eigenvalue weighted by molar-refractivity contribution is -0.331. The summed E-state index contributed by atoms with van der Waals surface area (Å²) in [5.41, 5.74) is 17.5. The highest BCUT2D eigenvalue weighted by Gasteiger charge is 2.52. The van der Waals surface area contributed by atoms with Crippen LogP contribution in [0.2, 0.25) is 15.1 Å². The number of halogens is 3. The number of aliphatic hydroxyl groups is 5. The fourth-order valence-electron chi connectivity index (χ4n) is 14.7. The number of aliphatic hydroxyl groups excluding tert-OH is 5. The van der Waals surface area contributed by atoms with Gasteiger partial charge in [0.05, 0.1) is 34.7 Å². The first-order chi connectivity index (χ1) is 57.6. The maximum absolute atomic E-state index is 15.4. The molecular formula is C84H99Cl3N12O22. The summed E-state index contributed by atoms with van der Waals surface area (Å²) in [6.07, 6.45) is -16.2. The predicted molar refractivity (Wildman–Crippen MR) is 441 cm³/mol. The quantitative estimate of drug-likeness (QED) is 0.0445. The third kappa shape index (κ3) is 21.7. The van der Waals surface area contributed by atoms with E-state index in [1.54, 1.807) is 26.0 Å². The van der Waals surface area contributed by atoms with Crippen LogP contribution in [0.4, 0.5) is 0 Å². The summed E-state index contributed by atoms with van der Waals surface area (Å²) >= 11 is 20.4. The van der Waals surface area contributed by atoms with Crippen LogP contribution >= 0.6 is 34.8 Å². The molecule has 18 atom stereocenters. The minimum atomic E-state index is -2.24. The molecule has 648 valence electrons. The summed E-state index contributed by atoms with van der Waals surface area (Å²) in [5, 5.41) is 119. The van der Waals surface area contributed by atoms with Crippen molar-refractivity contribution in [3.05, 3.63) is 176 Å². The van der Waals surface area contributed by atoms with Gasteiger partial charge in [-0.05, 0) is 165 Å². The number of hydrogen-bond donors (Lipinski definition) is 20. The molecule has 6 aliphatic rings. The highest BCUT2D eigenvalue weighted by molar-refractivity contribution is 6.32. The number of carbonyl (C=O) groups is 8. The standard InChI is InChI=1S/C84H99Cl3N12O22/c1-38(2)28-53(91-6)77(110)98-67-69(104)45-19-24-57(51(86)30-45)117-59-10-9-11-60(73(59)121-83-74(72(107)71(106)61(36-89)119-83)120-63-35-84(5,75(108)40(4)116-63)93-37-41-12-14-42(15-13-41)43-16-21-47(85)22-17-43)118-58-25-20-46(31-52(58)87)70(105)68-82(115)97-66(79(112)92-27-8-7-26-88)50-32-48(100)33-56(102)64(50)49-29-44(18-23-55(49)101)65(80(113)99-68)96-76(109)39(3)94-78(111)54(34-62(90)103)95-81(67)114/h9-25,29-33,38-40,53-54,61,63,65-72,74-75,83,91,93,100-102,104-108H,7-8,26-28,34-37,88-89H2,1-6H3,(H2,90,103)(H,92,112)(H,94,111)(H,95,114)(H,96,109)(H,97,115)(H,98,110)(H,99,113)/t39-,40?,53-,54+,61?,63?,65?,66+,67-,68-,69-,70-,71?,72?,74?,75?,83?,84?/m1/s1. The zero-order valence-corrected chi connectivity index (χ0v) is 68.9. The molecule has 10 bridgehead atoms. The van der Waals surface area contributed by atoms with Crippen LogP contribution in [0.15, 0.2) is 133 Å². The number of rotatable bonds is 21. The van der Waals surface area contributed by atoms with Crippen LogP contribution in [0.25, 0.3) is 22.3 Å². The Kier molecular flexibility index (Phi) is 30.2. The Morgan fingerprint density at radius 1 is 0.669 bits per heavy atom. The van der Waals surface area contributed by atoms with Crippen LogP contribution in [0.1, 0.15) is 119 Å². The molecule has 34 nitrogen and oxygen atoms in total. The van der Waals surface area contributed by atoms with Crippen LogP contribution in [-0.2, 0) is 59.1 Å². The molecule has 0 saturated carbocycles. The molecule has 0 aliphatic carbocycles. The van der Waals surface area contributed by atoms with Crippen LogP contribution in [0.3, 0.4) is 0 Å². The minimum Gasteiger partial charge on any atom is -0.508 e. The summed E-state index contributed by atoms with van der Waals surface area (Å²) in [5.74, 6) is -12.8. The molecule has 0 radical (unpaired) electrons. The lowest BCUT2D eigenvalue weighted by Gasteiger charge is -2.48. The lowest BCUT2D eigenvalue weighted by atomic mass is 9.84. The monoisotopic (exact) mass is 1730 g/mol. The van der Waals surface area contributed by atoms with Gasteiger partial charge in [0.1, 0.15) is 95.5 Å². The van der Waals surface area contributed by atoms with Crippen molar-refractivity contribution in [3.8, 4) is 68.2 Å². The van der Waals surface area contributed by atoms with E-state index in [1.807, 2.05) is 50.2 Å². The summed E-state index contributed by atoms with van der Waals surface area (Å²) in [6.45, 7) is 8.26. The number of amides is 8. The van der Waals surface area contributed by atoms with E-state index in [1.165, 1.54) is 55.6 Å². The molecule has 0 aromatic heterocycles. The highest BCUT2D eigenvalue weighted by atomic mass is 35.5. The fourth-order valence-corrected chi connectivity index (χ4v) is 15.2. The molecule has 7 aromatic carbocycles. The van der Waals surface area contributed by atoms with Crippen molar-refractivity contribution < 1.29 is 108 Å². The first kappa shape index (κ1) is 91.2. The topological polar surface area (TPSA) is 540 Å². The third-order valence-electron chi connectivity index (χ3n) is 21.3. The van der Waals surface area contributed by atoms with E-state index < -0.39 is 192 Å². The molecule has 6 aliphatic heterocycles. The Morgan fingerprint density at radius 3 is 1.92 bits per heavy atom. The maximum atomic E-state index is 15.4. The lowest BCUT2D eigenvalue weighted by Crippen LogP contribution is -2.65. The molecule has 10 unspecified atom stereocenters. The Balaban J connectivity index is 1.02. The van der Waals surface area contributed by atoms with Crippen molar-refractivity contribution in [1.29, 1.82) is 0 Å². The molecule has 37 heteroatoms. The first-order valence-electron chi connectivity index (χ1n) is 39.1. The van der Waals surface area contributed by atoms with Crippen LogP contribution in [-0.4, -0.2) is 200 Å². The average molecular weight is 1740 g/mol. The molecule has 0 spiro atoms. The number of para-hydroxylation sites is 1. The van der Waals surface area contributed by atoms with Gasteiger partial charge in [-0.15, -0.1) is 0 Å². The number of phenolic OH excluding ortho intramolecular Hbond substituents is 3. The molecular weight excluding hydrogens is 1640 g/mol. The molecule has 2 saturated heterocycles. The van der Waals surface area contributed by atoms with Crippen LogP contribution in [0.5, 0.6) is 46.0 Å². The summed E-state index contributed by atoms with van der Waals surface area (Å²) in [4.78, 5) is 117. The van der Waals surface area contributed by atoms with Crippen molar-refractivity contribution in [1.82, 2.24) is 47.9 Å². The van der Waals surface area contributed by atoms with Gasteiger partial charge in [-0.25, -0.2) is 0 Å². The molecule has 13 rings (SSSR count). The number of unbranched alkanes of at least 4 members (excludes halogenated alkanes) is 1. The number of nitrogens with one attached hydrogen (secondary N) is 9. The van der Waals surface area contributed by atoms with E-state index in [-0.39, 0.29) is 105 Å². The number of ether oxygens (including phenoxy) is 6. The first-order valence-corrected chi connectivity index (χ1v) is 40.3. The number of hydrogen-bond acceptors (Lipinski definition) is 26. The largest absolute Gasteiger partial charge is 0.508 e. The zero-order chi connectivity index (χ0) is 87.6. The van der Waals surface area contributed by atoms with Crippen molar-refractivity contribution in [2.24, 2.45) is 23.1 Å². The van der Waals surface area contributed by atoms with Gasteiger partial charge in [0.25, 0.3) is 0 Å². The van der Waals surface area contributed by atoms with Crippen LogP contribution < -0.4 is 79.3 Å².